The smallest absolute Gasteiger partial charge is 0.123 e. The number of nitrogens with one attached hydrogen (secondary N) is 1. The van der Waals surface area contributed by atoms with Gasteiger partial charge in [-0.2, -0.15) is 0 Å². The zero-order chi connectivity index (χ0) is 12.7. The molecule has 1 rings (SSSR count). The Morgan fingerprint density at radius 2 is 2.18 bits per heavy atom. The molecular formula is C14H22FNO. The zero-order valence-electron chi connectivity index (χ0n) is 10.6. The predicted octanol–water partition coefficient (Wildman–Crippen LogP) is 2.51. The van der Waals surface area contributed by atoms with Crippen LogP contribution in [0.15, 0.2) is 24.3 Å². The molecule has 0 heterocycles. The van der Waals surface area contributed by atoms with Crippen molar-refractivity contribution in [1.82, 2.24) is 5.32 Å². The SMILES string of the molecule is CCC(O)CCNC(C)Cc1cccc(F)c1. The Bertz CT molecular complexity index is 330. The molecule has 0 aliphatic rings. The molecule has 0 saturated heterocycles. The average molecular weight is 239 g/mol. The van der Waals surface area contributed by atoms with Crippen molar-refractivity contribution in [3.8, 4) is 0 Å². The Balaban J connectivity index is 2.27. The van der Waals surface area contributed by atoms with Gasteiger partial charge in [0.2, 0.25) is 0 Å². The Morgan fingerprint density at radius 3 is 2.82 bits per heavy atom. The molecule has 17 heavy (non-hydrogen) atoms. The van der Waals surface area contributed by atoms with E-state index in [2.05, 4.69) is 12.2 Å². The van der Waals surface area contributed by atoms with Gasteiger partial charge in [-0.3, -0.25) is 0 Å². The molecule has 0 aliphatic heterocycles. The first kappa shape index (κ1) is 14.1. The minimum Gasteiger partial charge on any atom is -0.393 e. The standard InChI is InChI=1S/C14H22FNO/c1-3-14(17)7-8-16-11(2)9-12-5-4-6-13(15)10-12/h4-6,10-11,14,16-17H,3,7-9H2,1-2H3. The Hall–Kier alpha value is -0.930. The van der Waals surface area contributed by atoms with Gasteiger partial charge in [0.05, 0.1) is 6.10 Å². The number of benzene rings is 1. The molecular weight excluding hydrogens is 217 g/mol. The summed E-state index contributed by atoms with van der Waals surface area (Å²) in [6, 6.07) is 6.99. The van der Waals surface area contributed by atoms with Gasteiger partial charge in [-0.05, 0) is 50.4 Å². The first-order valence-corrected chi connectivity index (χ1v) is 6.27. The van der Waals surface area contributed by atoms with Crippen molar-refractivity contribution in [2.75, 3.05) is 6.54 Å². The van der Waals surface area contributed by atoms with E-state index in [-0.39, 0.29) is 11.9 Å². The van der Waals surface area contributed by atoms with Crippen molar-refractivity contribution < 1.29 is 9.50 Å². The molecule has 2 N–H and O–H groups in total. The van der Waals surface area contributed by atoms with Gasteiger partial charge in [0, 0.05) is 6.04 Å². The van der Waals surface area contributed by atoms with Gasteiger partial charge in [0.25, 0.3) is 0 Å². The largest absolute Gasteiger partial charge is 0.393 e. The van der Waals surface area contributed by atoms with Gasteiger partial charge in [0.1, 0.15) is 5.82 Å². The molecule has 0 spiro atoms. The Kier molecular flexibility index (Phi) is 6.16. The second-order valence-electron chi connectivity index (χ2n) is 4.54. The summed E-state index contributed by atoms with van der Waals surface area (Å²) in [6.07, 6.45) is 2.15. The fraction of sp³-hybridized carbons (Fsp3) is 0.571. The number of halogens is 1. The number of rotatable bonds is 7. The van der Waals surface area contributed by atoms with Crippen molar-refractivity contribution in [3.05, 3.63) is 35.6 Å². The maximum Gasteiger partial charge on any atom is 0.123 e. The molecule has 2 nitrogen and oxygen atoms in total. The maximum atomic E-state index is 13.0. The van der Waals surface area contributed by atoms with Gasteiger partial charge in [-0.15, -0.1) is 0 Å². The van der Waals surface area contributed by atoms with E-state index in [0.29, 0.717) is 6.04 Å². The van der Waals surface area contributed by atoms with Crippen molar-refractivity contribution in [3.63, 3.8) is 0 Å². The Morgan fingerprint density at radius 1 is 1.41 bits per heavy atom. The van der Waals surface area contributed by atoms with Crippen LogP contribution in [0, 0.1) is 5.82 Å². The predicted molar refractivity (Wildman–Crippen MR) is 68.5 cm³/mol. The van der Waals surface area contributed by atoms with Gasteiger partial charge >= 0.3 is 0 Å². The summed E-state index contributed by atoms with van der Waals surface area (Å²) in [5, 5.41) is 12.7. The van der Waals surface area contributed by atoms with Gasteiger partial charge in [0.15, 0.2) is 0 Å². The fourth-order valence-electron chi connectivity index (χ4n) is 1.79. The van der Waals surface area contributed by atoms with Crippen LogP contribution in [0.2, 0.25) is 0 Å². The molecule has 1 aromatic carbocycles. The van der Waals surface area contributed by atoms with Crippen LogP contribution in [0.25, 0.3) is 0 Å². The summed E-state index contributed by atoms with van der Waals surface area (Å²) in [5.41, 5.74) is 1.00. The number of aliphatic hydroxyl groups is 1. The lowest BCUT2D eigenvalue weighted by atomic mass is 10.1. The second-order valence-corrected chi connectivity index (χ2v) is 4.54. The molecule has 0 bridgehead atoms. The first-order chi connectivity index (χ1) is 8.11. The van der Waals surface area contributed by atoms with E-state index in [4.69, 9.17) is 0 Å². The molecule has 0 aromatic heterocycles. The molecule has 0 radical (unpaired) electrons. The van der Waals surface area contributed by atoms with Crippen LogP contribution in [0.5, 0.6) is 0 Å². The molecule has 0 saturated carbocycles. The fourth-order valence-corrected chi connectivity index (χ4v) is 1.79. The van der Waals surface area contributed by atoms with E-state index in [1.54, 1.807) is 12.1 Å². The molecule has 0 fully saturated rings. The normalized spacial score (nSPS) is 14.6. The second kappa shape index (κ2) is 7.41. The average Bonchev–Trinajstić information content (AvgIpc) is 2.28. The van der Waals surface area contributed by atoms with Crippen molar-refractivity contribution in [2.45, 2.75) is 45.3 Å². The lowest BCUT2D eigenvalue weighted by Gasteiger charge is -2.15. The van der Waals surface area contributed by atoms with E-state index in [0.717, 1.165) is 31.4 Å². The lowest BCUT2D eigenvalue weighted by molar-refractivity contribution is 0.159. The van der Waals surface area contributed by atoms with Gasteiger partial charge < -0.3 is 10.4 Å². The van der Waals surface area contributed by atoms with E-state index in [1.165, 1.54) is 6.07 Å². The third-order valence-electron chi connectivity index (χ3n) is 2.87. The summed E-state index contributed by atoms with van der Waals surface area (Å²) in [4.78, 5) is 0. The highest BCUT2D eigenvalue weighted by atomic mass is 19.1. The Labute approximate surface area is 103 Å². The van der Waals surface area contributed by atoms with E-state index in [9.17, 15) is 9.50 Å². The van der Waals surface area contributed by atoms with Crippen LogP contribution < -0.4 is 5.32 Å². The summed E-state index contributed by atoms with van der Waals surface area (Å²) >= 11 is 0. The van der Waals surface area contributed by atoms with Crippen LogP contribution in [-0.2, 0) is 6.42 Å². The monoisotopic (exact) mass is 239 g/mol. The van der Waals surface area contributed by atoms with Crippen LogP contribution in [0.3, 0.4) is 0 Å². The topological polar surface area (TPSA) is 32.3 Å². The molecule has 2 unspecified atom stereocenters. The van der Waals surface area contributed by atoms with Crippen molar-refractivity contribution in [2.24, 2.45) is 0 Å². The van der Waals surface area contributed by atoms with Crippen molar-refractivity contribution >= 4 is 0 Å². The first-order valence-electron chi connectivity index (χ1n) is 6.27. The highest BCUT2D eigenvalue weighted by molar-refractivity contribution is 5.17. The van der Waals surface area contributed by atoms with Crippen molar-refractivity contribution in [1.29, 1.82) is 0 Å². The summed E-state index contributed by atoms with van der Waals surface area (Å²) in [7, 11) is 0. The quantitative estimate of drug-likeness (QED) is 0.766. The van der Waals surface area contributed by atoms with Gasteiger partial charge in [-0.25, -0.2) is 4.39 Å². The van der Waals surface area contributed by atoms with Crippen LogP contribution in [0.1, 0.15) is 32.3 Å². The summed E-state index contributed by atoms with van der Waals surface area (Å²) < 4.78 is 13.0. The molecule has 0 aliphatic carbocycles. The molecule has 3 heteroatoms. The highest BCUT2D eigenvalue weighted by Crippen LogP contribution is 2.06. The summed E-state index contributed by atoms with van der Waals surface area (Å²) in [6.45, 7) is 4.84. The minimum absolute atomic E-state index is 0.184. The molecule has 96 valence electrons. The van der Waals surface area contributed by atoms with E-state index >= 15 is 0 Å². The number of hydrogen-bond donors (Lipinski definition) is 2. The minimum atomic E-state index is -0.219. The van der Waals surface area contributed by atoms with Crippen LogP contribution in [0.4, 0.5) is 4.39 Å². The van der Waals surface area contributed by atoms with Gasteiger partial charge in [-0.1, -0.05) is 19.1 Å². The van der Waals surface area contributed by atoms with Crippen LogP contribution >= 0.6 is 0 Å². The lowest BCUT2D eigenvalue weighted by Crippen LogP contribution is -2.30. The van der Waals surface area contributed by atoms with E-state index in [1.807, 2.05) is 13.0 Å². The zero-order valence-corrected chi connectivity index (χ0v) is 10.6. The third kappa shape index (κ3) is 5.80. The number of hydrogen-bond acceptors (Lipinski definition) is 2. The molecule has 0 amide bonds. The number of aliphatic hydroxyl groups excluding tert-OH is 1. The maximum absolute atomic E-state index is 13.0. The highest BCUT2D eigenvalue weighted by Gasteiger charge is 2.05. The third-order valence-corrected chi connectivity index (χ3v) is 2.87. The molecule has 2 atom stereocenters. The van der Waals surface area contributed by atoms with Crippen LogP contribution in [-0.4, -0.2) is 23.8 Å². The summed E-state index contributed by atoms with van der Waals surface area (Å²) in [5.74, 6) is -0.184. The van der Waals surface area contributed by atoms with E-state index < -0.39 is 0 Å². The molecule has 1 aromatic rings.